The monoisotopic (exact) mass is 461 g/mol. The maximum absolute atomic E-state index is 13.1. The molecule has 0 aliphatic carbocycles. The second kappa shape index (κ2) is 7.61. The SMILES string of the molecule is Cc1nc2cc(-c3ccc4c(c3)CN(C(=O)c3ccccc3Br)CCO4)ccc2[nH]1. The van der Waals surface area contributed by atoms with Crippen molar-refractivity contribution in [3.05, 3.63) is 82.1 Å². The minimum absolute atomic E-state index is 0.00209. The first kappa shape index (κ1) is 18.9. The van der Waals surface area contributed by atoms with Crippen LogP contribution in [0.15, 0.2) is 65.1 Å². The Morgan fingerprint density at radius 1 is 1.10 bits per heavy atom. The fourth-order valence-electron chi connectivity index (χ4n) is 3.87. The average Bonchev–Trinajstić information content (AvgIpc) is 2.99. The standard InChI is InChI=1S/C24H20BrN3O2/c1-15-26-21-8-6-17(13-22(21)27-15)16-7-9-23-18(12-16)14-28(10-11-30-23)24(29)19-4-2-3-5-20(19)25/h2-9,12-13H,10-11,14H2,1H3,(H,26,27). The van der Waals surface area contributed by atoms with Gasteiger partial charge in [0.15, 0.2) is 0 Å². The summed E-state index contributed by atoms with van der Waals surface area (Å²) < 4.78 is 6.74. The van der Waals surface area contributed by atoms with Crippen molar-refractivity contribution in [2.75, 3.05) is 13.2 Å². The zero-order valence-corrected chi connectivity index (χ0v) is 18.1. The quantitative estimate of drug-likeness (QED) is 0.438. The molecule has 0 bridgehead atoms. The summed E-state index contributed by atoms with van der Waals surface area (Å²) in [5.41, 5.74) is 5.81. The van der Waals surface area contributed by atoms with E-state index in [1.165, 1.54) is 0 Å². The molecule has 150 valence electrons. The summed E-state index contributed by atoms with van der Waals surface area (Å²) in [6.45, 7) is 3.48. The Balaban J connectivity index is 1.48. The highest BCUT2D eigenvalue weighted by Gasteiger charge is 2.22. The van der Waals surface area contributed by atoms with Crippen LogP contribution in [0.25, 0.3) is 22.2 Å². The molecule has 30 heavy (non-hydrogen) atoms. The summed E-state index contributed by atoms with van der Waals surface area (Å²) in [5.74, 6) is 1.73. The number of carbonyl (C=O) groups is 1. The highest BCUT2D eigenvalue weighted by molar-refractivity contribution is 9.10. The Morgan fingerprint density at radius 3 is 2.77 bits per heavy atom. The van der Waals surface area contributed by atoms with E-state index >= 15 is 0 Å². The van der Waals surface area contributed by atoms with Crippen LogP contribution in [0.5, 0.6) is 5.75 Å². The minimum Gasteiger partial charge on any atom is -0.491 e. The molecule has 6 heteroatoms. The zero-order chi connectivity index (χ0) is 20.7. The van der Waals surface area contributed by atoms with Crippen molar-refractivity contribution >= 4 is 32.9 Å². The summed E-state index contributed by atoms with van der Waals surface area (Å²) in [6, 6.07) is 19.9. The fourth-order valence-corrected chi connectivity index (χ4v) is 4.32. The molecule has 1 amide bonds. The van der Waals surface area contributed by atoms with Crippen molar-refractivity contribution in [2.24, 2.45) is 0 Å². The van der Waals surface area contributed by atoms with E-state index in [-0.39, 0.29) is 5.91 Å². The lowest BCUT2D eigenvalue weighted by molar-refractivity contribution is 0.0732. The van der Waals surface area contributed by atoms with Gasteiger partial charge in [-0.1, -0.05) is 24.3 Å². The number of rotatable bonds is 2. The van der Waals surface area contributed by atoms with Gasteiger partial charge in [-0.2, -0.15) is 0 Å². The van der Waals surface area contributed by atoms with Crippen molar-refractivity contribution in [3.63, 3.8) is 0 Å². The Morgan fingerprint density at radius 2 is 1.90 bits per heavy atom. The van der Waals surface area contributed by atoms with Crippen LogP contribution in [0.2, 0.25) is 0 Å². The number of amides is 1. The summed E-state index contributed by atoms with van der Waals surface area (Å²) in [7, 11) is 0. The van der Waals surface area contributed by atoms with E-state index in [1.54, 1.807) is 0 Å². The number of carbonyl (C=O) groups excluding carboxylic acids is 1. The Bertz CT molecular complexity index is 1260. The van der Waals surface area contributed by atoms with Gasteiger partial charge in [0.05, 0.1) is 23.1 Å². The van der Waals surface area contributed by atoms with Crippen molar-refractivity contribution in [2.45, 2.75) is 13.5 Å². The number of fused-ring (bicyclic) bond motifs is 2. The number of imidazole rings is 1. The largest absolute Gasteiger partial charge is 0.491 e. The molecule has 1 aromatic heterocycles. The van der Waals surface area contributed by atoms with E-state index in [1.807, 2.05) is 42.2 Å². The van der Waals surface area contributed by atoms with E-state index < -0.39 is 0 Å². The van der Waals surface area contributed by atoms with Gasteiger partial charge in [0.25, 0.3) is 5.91 Å². The molecule has 5 rings (SSSR count). The van der Waals surface area contributed by atoms with Crippen LogP contribution in [0.1, 0.15) is 21.7 Å². The molecule has 1 aliphatic heterocycles. The smallest absolute Gasteiger partial charge is 0.255 e. The van der Waals surface area contributed by atoms with Gasteiger partial charge in [-0.15, -0.1) is 0 Å². The topological polar surface area (TPSA) is 58.2 Å². The lowest BCUT2D eigenvalue weighted by Gasteiger charge is -2.20. The molecule has 5 nitrogen and oxygen atoms in total. The number of aryl methyl sites for hydroxylation is 1. The predicted molar refractivity (Wildman–Crippen MR) is 121 cm³/mol. The molecular formula is C24H20BrN3O2. The molecule has 0 spiro atoms. The highest BCUT2D eigenvalue weighted by atomic mass is 79.9. The number of ether oxygens (including phenoxy) is 1. The van der Waals surface area contributed by atoms with E-state index in [4.69, 9.17) is 4.74 Å². The lowest BCUT2D eigenvalue weighted by atomic mass is 10.0. The fraction of sp³-hybridized carbons (Fsp3) is 0.167. The third-order valence-electron chi connectivity index (χ3n) is 5.37. The van der Waals surface area contributed by atoms with Crippen LogP contribution in [-0.4, -0.2) is 33.9 Å². The number of nitrogens with zero attached hydrogens (tertiary/aromatic N) is 2. The van der Waals surface area contributed by atoms with Gasteiger partial charge < -0.3 is 14.6 Å². The molecule has 4 aromatic rings. The Labute approximate surface area is 182 Å². The number of benzene rings is 3. The van der Waals surface area contributed by atoms with Crippen molar-refractivity contribution in [1.29, 1.82) is 0 Å². The molecule has 3 aromatic carbocycles. The average molecular weight is 462 g/mol. The maximum atomic E-state index is 13.1. The summed E-state index contributed by atoms with van der Waals surface area (Å²) in [5, 5.41) is 0. The predicted octanol–water partition coefficient (Wildman–Crippen LogP) is 5.34. The lowest BCUT2D eigenvalue weighted by Crippen LogP contribution is -2.32. The molecule has 0 radical (unpaired) electrons. The van der Waals surface area contributed by atoms with Crippen LogP contribution in [0.4, 0.5) is 0 Å². The number of aromatic nitrogens is 2. The zero-order valence-electron chi connectivity index (χ0n) is 16.5. The van der Waals surface area contributed by atoms with Gasteiger partial charge >= 0.3 is 0 Å². The first-order valence-corrected chi connectivity index (χ1v) is 10.6. The second-order valence-corrected chi connectivity index (χ2v) is 8.29. The maximum Gasteiger partial charge on any atom is 0.255 e. The van der Waals surface area contributed by atoms with Gasteiger partial charge in [0, 0.05) is 16.6 Å². The number of nitrogens with one attached hydrogen (secondary N) is 1. The van der Waals surface area contributed by atoms with Gasteiger partial charge in [0.2, 0.25) is 0 Å². The molecule has 2 heterocycles. The first-order chi connectivity index (χ1) is 14.6. The highest BCUT2D eigenvalue weighted by Crippen LogP contribution is 2.31. The third kappa shape index (κ3) is 3.48. The van der Waals surface area contributed by atoms with E-state index in [0.717, 1.165) is 43.8 Å². The molecule has 0 saturated heterocycles. The summed E-state index contributed by atoms with van der Waals surface area (Å²) in [4.78, 5) is 22.8. The van der Waals surface area contributed by atoms with E-state index in [2.05, 4.69) is 56.2 Å². The molecule has 0 unspecified atom stereocenters. The third-order valence-corrected chi connectivity index (χ3v) is 6.06. The molecule has 1 aliphatic rings. The number of H-pyrrole nitrogens is 1. The molecule has 1 N–H and O–H groups in total. The minimum atomic E-state index is -0.00209. The van der Waals surface area contributed by atoms with Crippen LogP contribution in [0.3, 0.4) is 0 Å². The number of hydrogen-bond donors (Lipinski definition) is 1. The number of aromatic amines is 1. The summed E-state index contributed by atoms with van der Waals surface area (Å²) in [6.07, 6.45) is 0. The Hall–Kier alpha value is -3.12. The molecule has 0 saturated carbocycles. The molecule has 0 atom stereocenters. The van der Waals surface area contributed by atoms with Crippen molar-refractivity contribution in [3.8, 4) is 16.9 Å². The van der Waals surface area contributed by atoms with Gasteiger partial charge in [-0.05, 0) is 70.4 Å². The van der Waals surface area contributed by atoms with Crippen LogP contribution in [0, 0.1) is 6.92 Å². The van der Waals surface area contributed by atoms with Gasteiger partial charge in [0.1, 0.15) is 18.2 Å². The van der Waals surface area contributed by atoms with Gasteiger partial charge in [-0.25, -0.2) is 4.98 Å². The first-order valence-electron chi connectivity index (χ1n) is 9.85. The second-order valence-electron chi connectivity index (χ2n) is 7.43. The number of hydrogen-bond acceptors (Lipinski definition) is 3. The van der Waals surface area contributed by atoms with E-state index in [0.29, 0.717) is 25.3 Å². The normalized spacial score (nSPS) is 13.6. The molecule has 0 fully saturated rings. The van der Waals surface area contributed by atoms with Crippen LogP contribution >= 0.6 is 15.9 Å². The van der Waals surface area contributed by atoms with Crippen LogP contribution < -0.4 is 4.74 Å². The van der Waals surface area contributed by atoms with E-state index in [9.17, 15) is 4.79 Å². The molecular weight excluding hydrogens is 442 g/mol. The van der Waals surface area contributed by atoms with Crippen LogP contribution in [-0.2, 0) is 6.54 Å². The Kier molecular flexibility index (Phi) is 4.79. The van der Waals surface area contributed by atoms with Crippen molar-refractivity contribution < 1.29 is 9.53 Å². The summed E-state index contributed by atoms with van der Waals surface area (Å²) >= 11 is 3.49. The van der Waals surface area contributed by atoms with Gasteiger partial charge in [-0.3, -0.25) is 4.79 Å². The number of halogens is 1. The van der Waals surface area contributed by atoms with Crippen molar-refractivity contribution in [1.82, 2.24) is 14.9 Å².